The molecule has 0 unspecified atom stereocenters. The van der Waals surface area contributed by atoms with Crippen LogP contribution in [0.15, 0.2) is 30.3 Å². The monoisotopic (exact) mass is 365 g/mol. The van der Waals surface area contributed by atoms with Crippen LogP contribution >= 0.6 is 0 Å². The SMILES string of the molecule is CCN1CCN(c2cc(Nc3ccc(C(F)(F)F)cc3)nc(C)n2)CC1. The lowest BCUT2D eigenvalue weighted by molar-refractivity contribution is -0.137. The van der Waals surface area contributed by atoms with Gasteiger partial charge in [0.25, 0.3) is 0 Å². The number of piperazine rings is 1. The van der Waals surface area contributed by atoms with Crippen LogP contribution in [-0.4, -0.2) is 47.6 Å². The number of benzene rings is 1. The minimum atomic E-state index is -4.34. The molecule has 8 heteroatoms. The van der Waals surface area contributed by atoms with Crippen LogP contribution in [-0.2, 0) is 6.18 Å². The first kappa shape index (κ1) is 18.4. The lowest BCUT2D eigenvalue weighted by Crippen LogP contribution is -2.46. The Balaban J connectivity index is 1.74. The number of aromatic nitrogens is 2. The van der Waals surface area contributed by atoms with Gasteiger partial charge in [-0.25, -0.2) is 9.97 Å². The molecule has 1 aliphatic rings. The molecule has 140 valence electrons. The molecule has 1 N–H and O–H groups in total. The summed E-state index contributed by atoms with van der Waals surface area (Å²) in [6, 6.07) is 6.76. The summed E-state index contributed by atoms with van der Waals surface area (Å²) in [6.07, 6.45) is -4.34. The van der Waals surface area contributed by atoms with Crippen molar-refractivity contribution in [2.75, 3.05) is 42.9 Å². The number of likely N-dealkylation sites (N-methyl/N-ethyl adjacent to an activating group) is 1. The molecule has 0 aliphatic carbocycles. The standard InChI is InChI=1S/C18H22F3N5/c1-3-25-8-10-26(11-9-25)17-12-16(22-13(2)23-17)24-15-6-4-14(5-7-15)18(19,20)21/h4-7,12H,3,8-11H2,1-2H3,(H,22,23,24). The highest BCUT2D eigenvalue weighted by molar-refractivity contribution is 5.60. The Hall–Kier alpha value is -2.35. The molecular weight excluding hydrogens is 343 g/mol. The molecule has 2 aromatic rings. The van der Waals surface area contributed by atoms with Crippen LogP contribution in [0, 0.1) is 6.92 Å². The number of rotatable bonds is 4. The van der Waals surface area contributed by atoms with E-state index in [2.05, 4.69) is 32.0 Å². The summed E-state index contributed by atoms with van der Waals surface area (Å²) in [5.41, 5.74) is -0.116. The fourth-order valence-electron chi connectivity index (χ4n) is 2.96. The summed E-state index contributed by atoms with van der Waals surface area (Å²) in [6.45, 7) is 8.76. The van der Waals surface area contributed by atoms with Crippen molar-refractivity contribution in [3.8, 4) is 0 Å². The van der Waals surface area contributed by atoms with Crippen LogP contribution in [0.1, 0.15) is 18.3 Å². The summed E-state index contributed by atoms with van der Waals surface area (Å²) < 4.78 is 38.0. The van der Waals surface area contributed by atoms with Gasteiger partial charge in [0.2, 0.25) is 0 Å². The zero-order chi connectivity index (χ0) is 18.7. The van der Waals surface area contributed by atoms with E-state index in [1.807, 2.05) is 13.0 Å². The Morgan fingerprint density at radius 2 is 1.69 bits per heavy atom. The van der Waals surface area contributed by atoms with Crippen molar-refractivity contribution in [3.05, 3.63) is 41.7 Å². The van der Waals surface area contributed by atoms with Crippen LogP contribution < -0.4 is 10.2 Å². The van der Waals surface area contributed by atoms with E-state index in [0.717, 1.165) is 50.7 Å². The molecule has 1 aromatic heterocycles. The predicted octanol–water partition coefficient (Wildman–Crippen LogP) is 3.69. The molecule has 0 saturated carbocycles. The van der Waals surface area contributed by atoms with Crippen molar-refractivity contribution >= 4 is 17.3 Å². The number of aryl methyl sites for hydroxylation is 1. The van der Waals surface area contributed by atoms with Gasteiger partial charge >= 0.3 is 6.18 Å². The minimum absolute atomic E-state index is 0.554. The van der Waals surface area contributed by atoms with E-state index in [9.17, 15) is 13.2 Å². The average molecular weight is 365 g/mol. The molecule has 2 heterocycles. The molecule has 0 spiro atoms. The first-order valence-corrected chi connectivity index (χ1v) is 8.62. The van der Waals surface area contributed by atoms with Crippen LogP contribution in [0.2, 0.25) is 0 Å². The zero-order valence-electron chi connectivity index (χ0n) is 14.8. The highest BCUT2D eigenvalue weighted by Crippen LogP contribution is 2.30. The normalized spacial score (nSPS) is 16.0. The molecule has 5 nitrogen and oxygen atoms in total. The second-order valence-corrected chi connectivity index (χ2v) is 6.28. The van der Waals surface area contributed by atoms with Gasteiger partial charge < -0.3 is 15.1 Å². The fourth-order valence-corrected chi connectivity index (χ4v) is 2.96. The molecule has 0 bridgehead atoms. The molecule has 0 amide bonds. The van der Waals surface area contributed by atoms with E-state index in [0.29, 0.717) is 17.3 Å². The van der Waals surface area contributed by atoms with Gasteiger partial charge in [0.15, 0.2) is 0 Å². The fraction of sp³-hybridized carbons (Fsp3) is 0.444. The van der Waals surface area contributed by atoms with Gasteiger partial charge in [-0.15, -0.1) is 0 Å². The third kappa shape index (κ3) is 4.43. The Morgan fingerprint density at radius 3 is 2.27 bits per heavy atom. The van der Waals surface area contributed by atoms with E-state index in [1.54, 1.807) is 0 Å². The summed E-state index contributed by atoms with van der Waals surface area (Å²) in [4.78, 5) is 13.4. The summed E-state index contributed by atoms with van der Waals surface area (Å²) >= 11 is 0. The van der Waals surface area contributed by atoms with Gasteiger partial charge in [-0.2, -0.15) is 13.2 Å². The second kappa shape index (κ2) is 7.49. The lowest BCUT2D eigenvalue weighted by atomic mass is 10.2. The molecule has 3 rings (SSSR count). The number of hydrogen-bond acceptors (Lipinski definition) is 5. The van der Waals surface area contributed by atoms with Crippen molar-refractivity contribution in [1.29, 1.82) is 0 Å². The molecule has 1 aliphatic heterocycles. The molecule has 1 aromatic carbocycles. The van der Waals surface area contributed by atoms with Crippen molar-refractivity contribution in [1.82, 2.24) is 14.9 Å². The smallest absolute Gasteiger partial charge is 0.354 e. The van der Waals surface area contributed by atoms with Crippen molar-refractivity contribution < 1.29 is 13.2 Å². The molecule has 1 saturated heterocycles. The quantitative estimate of drug-likeness (QED) is 0.895. The van der Waals surface area contributed by atoms with Crippen LogP contribution in [0.3, 0.4) is 0 Å². The number of hydrogen-bond donors (Lipinski definition) is 1. The molecule has 0 radical (unpaired) electrons. The maximum absolute atomic E-state index is 12.7. The maximum atomic E-state index is 12.7. The van der Waals surface area contributed by atoms with Gasteiger partial charge in [0.05, 0.1) is 5.56 Å². The topological polar surface area (TPSA) is 44.3 Å². The van der Waals surface area contributed by atoms with Crippen LogP contribution in [0.5, 0.6) is 0 Å². The Morgan fingerprint density at radius 1 is 1.04 bits per heavy atom. The van der Waals surface area contributed by atoms with E-state index < -0.39 is 11.7 Å². The van der Waals surface area contributed by atoms with Crippen molar-refractivity contribution in [2.24, 2.45) is 0 Å². The molecular formula is C18H22F3N5. The molecule has 1 fully saturated rings. The summed E-state index contributed by atoms with van der Waals surface area (Å²) in [5.74, 6) is 2.03. The highest BCUT2D eigenvalue weighted by atomic mass is 19.4. The lowest BCUT2D eigenvalue weighted by Gasteiger charge is -2.34. The number of nitrogens with zero attached hydrogens (tertiary/aromatic N) is 4. The largest absolute Gasteiger partial charge is 0.416 e. The Kier molecular flexibility index (Phi) is 5.31. The second-order valence-electron chi connectivity index (χ2n) is 6.28. The van der Waals surface area contributed by atoms with Crippen LogP contribution in [0.4, 0.5) is 30.5 Å². The molecule has 0 atom stereocenters. The summed E-state index contributed by atoms with van der Waals surface area (Å²) in [7, 11) is 0. The highest BCUT2D eigenvalue weighted by Gasteiger charge is 2.30. The van der Waals surface area contributed by atoms with Gasteiger partial charge in [0, 0.05) is 37.9 Å². The Bertz CT molecular complexity index is 737. The maximum Gasteiger partial charge on any atom is 0.416 e. The minimum Gasteiger partial charge on any atom is -0.354 e. The molecule has 26 heavy (non-hydrogen) atoms. The first-order valence-electron chi connectivity index (χ1n) is 8.62. The van der Waals surface area contributed by atoms with Gasteiger partial charge in [0.1, 0.15) is 17.5 Å². The third-order valence-corrected chi connectivity index (χ3v) is 4.45. The average Bonchev–Trinajstić information content (AvgIpc) is 2.61. The number of anilines is 3. The number of halogens is 3. The van der Waals surface area contributed by atoms with Crippen LogP contribution in [0.25, 0.3) is 0 Å². The predicted molar refractivity (Wildman–Crippen MR) is 95.8 cm³/mol. The summed E-state index contributed by atoms with van der Waals surface area (Å²) in [5, 5.41) is 3.07. The van der Waals surface area contributed by atoms with Gasteiger partial charge in [-0.1, -0.05) is 6.92 Å². The Labute approximate surface area is 150 Å². The van der Waals surface area contributed by atoms with Crippen molar-refractivity contribution in [2.45, 2.75) is 20.0 Å². The van der Waals surface area contributed by atoms with E-state index in [-0.39, 0.29) is 0 Å². The third-order valence-electron chi connectivity index (χ3n) is 4.45. The van der Waals surface area contributed by atoms with Crippen molar-refractivity contribution in [3.63, 3.8) is 0 Å². The zero-order valence-corrected chi connectivity index (χ0v) is 14.8. The van der Waals surface area contributed by atoms with E-state index >= 15 is 0 Å². The van der Waals surface area contributed by atoms with Gasteiger partial charge in [-0.3, -0.25) is 0 Å². The number of nitrogens with one attached hydrogen (secondary N) is 1. The van der Waals surface area contributed by atoms with E-state index in [1.165, 1.54) is 12.1 Å². The van der Waals surface area contributed by atoms with E-state index in [4.69, 9.17) is 0 Å². The number of alkyl halides is 3. The first-order chi connectivity index (χ1) is 12.3. The van der Waals surface area contributed by atoms with Gasteiger partial charge in [-0.05, 0) is 37.7 Å².